The molecular formula is C27H30. The Morgan fingerprint density at radius 3 is 1.70 bits per heavy atom. The highest BCUT2D eigenvalue weighted by atomic mass is 14.4. The first kappa shape index (κ1) is 18.0. The van der Waals surface area contributed by atoms with Crippen LogP contribution in [-0.4, -0.2) is 0 Å². The zero-order chi connectivity index (χ0) is 19.1. The molecule has 0 saturated heterocycles. The van der Waals surface area contributed by atoms with Crippen LogP contribution in [0.2, 0.25) is 0 Å². The first-order valence-electron chi connectivity index (χ1n) is 10.2. The van der Waals surface area contributed by atoms with Gasteiger partial charge in [-0.05, 0) is 89.5 Å². The number of rotatable bonds is 3. The van der Waals surface area contributed by atoms with Crippen molar-refractivity contribution in [3.05, 3.63) is 82.9 Å². The molecule has 1 fully saturated rings. The summed E-state index contributed by atoms with van der Waals surface area (Å²) >= 11 is 0. The molecule has 0 bridgehead atoms. The van der Waals surface area contributed by atoms with Crippen LogP contribution in [0, 0.1) is 32.6 Å². The van der Waals surface area contributed by atoms with E-state index in [9.17, 15) is 0 Å². The third-order valence-corrected chi connectivity index (χ3v) is 6.83. The van der Waals surface area contributed by atoms with Gasteiger partial charge in [0.05, 0.1) is 0 Å². The van der Waals surface area contributed by atoms with Crippen molar-refractivity contribution in [2.75, 3.05) is 0 Å². The summed E-state index contributed by atoms with van der Waals surface area (Å²) in [6.07, 6.45) is 1.30. The lowest BCUT2D eigenvalue weighted by Crippen LogP contribution is -2.31. The van der Waals surface area contributed by atoms with E-state index >= 15 is 0 Å². The monoisotopic (exact) mass is 354 g/mol. The molecule has 1 aliphatic carbocycles. The molecule has 138 valence electrons. The SMILES string of the molecule is Cc1ccccc1-c1c(C)ccc(C2CC(C)C2C)c1-c1ccccc1C. The first-order chi connectivity index (χ1) is 13.0. The van der Waals surface area contributed by atoms with Crippen LogP contribution < -0.4 is 0 Å². The fourth-order valence-corrected chi connectivity index (χ4v) is 4.82. The maximum Gasteiger partial charge on any atom is -0.00650 e. The van der Waals surface area contributed by atoms with Crippen LogP contribution in [0.3, 0.4) is 0 Å². The van der Waals surface area contributed by atoms with E-state index in [4.69, 9.17) is 0 Å². The van der Waals surface area contributed by atoms with Crippen LogP contribution >= 0.6 is 0 Å². The van der Waals surface area contributed by atoms with Gasteiger partial charge in [0.1, 0.15) is 0 Å². The van der Waals surface area contributed by atoms with Crippen molar-refractivity contribution in [2.45, 2.75) is 47.0 Å². The van der Waals surface area contributed by atoms with Gasteiger partial charge >= 0.3 is 0 Å². The predicted octanol–water partition coefficient (Wildman–Crippen LogP) is 7.71. The van der Waals surface area contributed by atoms with Crippen molar-refractivity contribution in [1.29, 1.82) is 0 Å². The molecule has 0 heteroatoms. The maximum absolute atomic E-state index is 2.42. The first-order valence-corrected chi connectivity index (χ1v) is 10.2. The summed E-state index contributed by atoms with van der Waals surface area (Å²) in [6, 6.07) is 22.5. The van der Waals surface area contributed by atoms with E-state index in [1.807, 2.05) is 0 Å². The van der Waals surface area contributed by atoms with Crippen molar-refractivity contribution in [3.63, 3.8) is 0 Å². The molecule has 0 spiro atoms. The van der Waals surface area contributed by atoms with E-state index in [1.165, 1.54) is 45.4 Å². The Morgan fingerprint density at radius 2 is 1.19 bits per heavy atom. The van der Waals surface area contributed by atoms with E-state index < -0.39 is 0 Å². The molecular weight excluding hydrogens is 324 g/mol. The van der Waals surface area contributed by atoms with Crippen molar-refractivity contribution in [3.8, 4) is 22.3 Å². The number of aryl methyl sites for hydroxylation is 3. The lowest BCUT2D eigenvalue weighted by molar-refractivity contribution is 0.170. The van der Waals surface area contributed by atoms with Crippen LogP contribution in [0.15, 0.2) is 60.7 Å². The maximum atomic E-state index is 2.42. The highest BCUT2D eigenvalue weighted by Crippen LogP contribution is 2.52. The van der Waals surface area contributed by atoms with Gasteiger partial charge < -0.3 is 0 Å². The van der Waals surface area contributed by atoms with Gasteiger partial charge in [0.2, 0.25) is 0 Å². The summed E-state index contributed by atoms with van der Waals surface area (Å²) < 4.78 is 0. The molecule has 3 unspecified atom stereocenters. The topological polar surface area (TPSA) is 0 Å². The van der Waals surface area contributed by atoms with Gasteiger partial charge in [0.15, 0.2) is 0 Å². The molecule has 0 aliphatic heterocycles. The summed E-state index contributed by atoms with van der Waals surface area (Å²) in [5.74, 6) is 2.24. The molecule has 3 atom stereocenters. The average molecular weight is 355 g/mol. The number of hydrogen-bond donors (Lipinski definition) is 0. The second kappa shape index (κ2) is 7.00. The van der Waals surface area contributed by atoms with Gasteiger partial charge in [0, 0.05) is 0 Å². The standard InChI is InChI=1S/C27H30/c1-17-10-6-8-12-22(17)26-19(3)14-15-24(25-16-20(4)21(25)5)27(26)23-13-9-7-11-18(23)2/h6-15,20-21,25H,16H2,1-5H3. The Bertz CT molecular complexity index is 979. The second-order valence-electron chi connectivity index (χ2n) is 8.53. The molecule has 0 N–H and O–H groups in total. The molecule has 3 aromatic carbocycles. The zero-order valence-electron chi connectivity index (χ0n) is 17.2. The fourth-order valence-electron chi connectivity index (χ4n) is 4.82. The summed E-state index contributed by atoms with van der Waals surface area (Å²) in [5.41, 5.74) is 11.3. The molecule has 4 rings (SSSR count). The summed E-state index contributed by atoms with van der Waals surface area (Å²) in [7, 11) is 0. The van der Waals surface area contributed by atoms with Crippen LogP contribution in [0.25, 0.3) is 22.3 Å². The Labute approximate surface area is 164 Å². The Morgan fingerprint density at radius 1 is 0.630 bits per heavy atom. The zero-order valence-corrected chi connectivity index (χ0v) is 17.2. The van der Waals surface area contributed by atoms with E-state index in [0.29, 0.717) is 5.92 Å². The Balaban J connectivity index is 2.04. The Kier molecular flexibility index (Phi) is 4.68. The van der Waals surface area contributed by atoms with Gasteiger partial charge in [0.25, 0.3) is 0 Å². The van der Waals surface area contributed by atoms with E-state index in [2.05, 4.69) is 95.3 Å². The smallest absolute Gasteiger partial charge is 0.00650 e. The molecule has 0 aromatic heterocycles. The lowest BCUT2D eigenvalue weighted by Gasteiger charge is -2.42. The highest BCUT2D eigenvalue weighted by Gasteiger charge is 2.37. The third-order valence-electron chi connectivity index (χ3n) is 6.83. The molecule has 0 nitrogen and oxygen atoms in total. The van der Waals surface area contributed by atoms with Crippen molar-refractivity contribution in [1.82, 2.24) is 0 Å². The normalized spacial score (nSPS) is 21.7. The minimum absolute atomic E-state index is 0.665. The largest absolute Gasteiger partial charge is 0.0622 e. The van der Waals surface area contributed by atoms with Crippen molar-refractivity contribution < 1.29 is 0 Å². The summed E-state index contributed by atoms with van der Waals surface area (Å²) in [4.78, 5) is 0. The minimum Gasteiger partial charge on any atom is -0.0622 e. The average Bonchev–Trinajstić information content (AvgIpc) is 2.67. The number of benzene rings is 3. The summed E-state index contributed by atoms with van der Waals surface area (Å²) in [5, 5.41) is 0. The molecule has 1 saturated carbocycles. The van der Waals surface area contributed by atoms with Gasteiger partial charge in [-0.3, -0.25) is 0 Å². The molecule has 1 aliphatic rings. The van der Waals surface area contributed by atoms with E-state index in [-0.39, 0.29) is 0 Å². The van der Waals surface area contributed by atoms with Gasteiger partial charge in [-0.25, -0.2) is 0 Å². The van der Waals surface area contributed by atoms with Gasteiger partial charge in [-0.15, -0.1) is 0 Å². The second-order valence-corrected chi connectivity index (χ2v) is 8.53. The molecule has 27 heavy (non-hydrogen) atoms. The highest BCUT2D eigenvalue weighted by molar-refractivity contribution is 5.90. The van der Waals surface area contributed by atoms with Crippen LogP contribution in [0.4, 0.5) is 0 Å². The van der Waals surface area contributed by atoms with Gasteiger partial charge in [-0.2, -0.15) is 0 Å². The van der Waals surface area contributed by atoms with Crippen LogP contribution in [-0.2, 0) is 0 Å². The van der Waals surface area contributed by atoms with Crippen LogP contribution in [0.5, 0.6) is 0 Å². The minimum atomic E-state index is 0.665. The molecule has 3 aromatic rings. The molecule has 0 radical (unpaired) electrons. The van der Waals surface area contributed by atoms with Crippen LogP contribution in [0.1, 0.15) is 48.4 Å². The fraction of sp³-hybridized carbons (Fsp3) is 0.333. The Hall–Kier alpha value is -2.34. The van der Waals surface area contributed by atoms with Gasteiger partial charge in [-0.1, -0.05) is 74.5 Å². The summed E-state index contributed by atoms with van der Waals surface area (Å²) in [6.45, 7) is 11.6. The van der Waals surface area contributed by atoms with Crippen molar-refractivity contribution in [2.24, 2.45) is 11.8 Å². The third kappa shape index (κ3) is 3.02. The van der Waals surface area contributed by atoms with Crippen molar-refractivity contribution >= 4 is 0 Å². The predicted molar refractivity (Wildman–Crippen MR) is 117 cm³/mol. The molecule has 0 heterocycles. The quantitative estimate of drug-likeness (QED) is 0.452. The molecule has 0 amide bonds. The van der Waals surface area contributed by atoms with E-state index in [1.54, 1.807) is 5.56 Å². The van der Waals surface area contributed by atoms with E-state index in [0.717, 1.165) is 11.8 Å². The number of hydrogen-bond acceptors (Lipinski definition) is 0. The lowest BCUT2D eigenvalue weighted by atomic mass is 9.62.